The van der Waals surface area contributed by atoms with Crippen LogP contribution in [0.25, 0.3) is 0 Å². The fourth-order valence-electron chi connectivity index (χ4n) is 3.55. The Hall–Kier alpha value is -1.76. The molecule has 11 nitrogen and oxygen atoms in total. The second-order valence-electron chi connectivity index (χ2n) is 9.04. The highest BCUT2D eigenvalue weighted by Gasteiger charge is 2.54. The van der Waals surface area contributed by atoms with Gasteiger partial charge in [0, 0.05) is 11.8 Å². The number of nitrogens with one attached hydrogen (secondary N) is 2. The minimum atomic E-state index is -3.41. The number of aryl methyl sites for hydroxylation is 1. The summed E-state index contributed by atoms with van der Waals surface area (Å²) in [7, 11) is 0. The first-order valence-electron chi connectivity index (χ1n) is 11.7. The molecular weight excluding hydrogens is 580 g/mol. The molecule has 210 valence electrons. The fraction of sp³-hybridized carbons (Fsp3) is 0.522. The van der Waals surface area contributed by atoms with Crippen molar-refractivity contribution >= 4 is 47.6 Å². The lowest BCUT2D eigenvalue weighted by molar-refractivity contribution is -0.149. The Labute approximate surface area is 234 Å². The molecule has 0 bridgehead atoms. The van der Waals surface area contributed by atoms with Gasteiger partial charge in [-0.15, -0.1) is 0 Å². The predicted molar refractivity (Wildman–Crippen MR) is 146 cm³/mol. The molecule has 15 heteroatoms. The van der Waals surface area contributed by atoms with Crippen LogP contribution in [0.1, 0.15) is 26.3 Å². The molecular formula is C23H30Cl2N3O8PS. The highest BCUT2D eigenvalue weighted by atomic mass is 35.5. The first kappa shape index (κ1) is 30.8. The summed E-state index contributed by atoms with van der Waals surface area (Å²) in [6, 6.07) is 7.76. The summed E-state index contributed by atoms with van der Waals surface area (Å²) in [5.74, 6) is -0.149. The third-order valence-corrected chi connectivity index (χ3v) is 8.93. The maximum Gasteiger partial charge on any atom is 0.328 e. The number of carbonyl (C=O) groups is 1. The molecule has 1 aromatic carbocycles. The number of benzene rings is 1. The Morgan fingerprint density at radius 3 is 2.58 bits per heavy atom. The van der Waals surface area contributed by atoms with Crippen molar-refractivity contribution in [2.24, 2.45) is 0 Å². The van der Waals surface area contributed by atoms with Crippen LogP contribution in [0.2, 0.25) is 0 Å². The van der Waals surface area contributed by atoms with Crippen LogP contribution in [0.5, 0.6) is 5.75 Å². The summed E-state index contributed by atoms with van der Waals surface area (Å²) >= 11 is 18.5. The van der Waals surface area contributed by atoms with E-state index in [4.69, 9.17) is 53.5 Å². The summed E-state index contributed by atoms with van der Waals surface area (Å²) in [6.45, 7) is 2.68. The molecule has 1 aliphatic rings. The first-order chi connectivity index (χ1) is 17.7. The quantitative estimate of drug-likeness (QED) is 0.197. The lowest BCUT2D eigenvalue weighted by Crippen LogP contribution is -2.42. The number of hydrogen-bond donors (Lipinski definition) is 3. The van der Waals surface area contributed by atoms with E-state index in [1.165, 1.54) is 17.7 Å². The van der Waals surface area contributed by atoms with E-state index >= 15 is 0 Å². The number of aromatic nitrogens is 2. The van der Waals surface area contributed by atoms with Gasteiger partial charge in [-0.2, -0.15) is 0 Å². The molecule has 3 rings (SSSR count). The van der Waals surface area contributed by atoms with E-state index in [9.17, 15) is 19.5 Å². The standard InChI is InChI=1S/C23H30Cl2N3O8PS/c1-13(2)34-21(31)15(4)27-37(38,36-16-8-6-5-7-9-16)33-12-17-19(29)23(24,25)18(35-17)11-28-10-14(3)20(30)26-22(28)32/h5-10,13,15,17-19,29H,11-12H2,1-4H3,(H,27,38)(H,26,30,32)/t15-,17-,18?,19-,37+/m1/s1. The van der Waals surface area contributed by atoms with E-state index in [1.54, 1.807) is 51.1 Å². The summed E-state index contributed by atoms with van der Waals surface area (Å²) in [4.78, 5) is 38.5. The summed E-state index contributed by atoms with van der Waals surface area (Å²) in [6.07, 6.45) is -2.52. The number of aliphatic hydroxyl groups is 1. The van der Waals surface area contributed by atoms with Crippen LogP contribution in [0.15, 0.2) is 46.1 Å². The molecule has 1 aromatic heterocycles. The molecule has 0 aliphatic carbocycles. The number of hydrogen-bond acceptors (Lipinski definition) is 9. The smallest absolute Gasteiger partial charge is 0.328 e. The van der Waals surface area contributed by atoms with Gasteiger partial charge in [0.25, 0.3) is 5.56 Å². The SMILES string of the molecule is Cc1cn(CC2O[C@H](CO[P@@](=S)(N[C@H](C)C(=O)OC(C)C)Oc3ccccc3)[C@@H](O)C2(Cl)Cl)c(=O)[nH]c1=O. The fourth-order valence-corrected chi connectivity index (χ4v) is 6.49. The van der Waals surface area contributed by atoms with Crippen molar-refractivity contribution in [3.05, 3.63) is 62.9 Å². The van der Waals surface area contributed by atoms with E-state index in [0.29, 0.717) is 11.3 Å². The number of nitrogens with zero attached hydrogens (tertiary/aromatic N) is 1. The highest BCUT2D eigenvalue weighted by Crippen LogP contribution is 2.47. The van der Waals surface area contributed by atoms with Crippen LogP contribution in [-0.4, -0.2) is 62.0 Å². The minimum Gasteiger partial charge on any atom is -0.462 e. The number of carbonyl (C=O) groups excluding carboxylic acids is 1. The summed E-state index contributed by atoms with van der Waals surface area (Å²) in [5.41, 5.74) is -0.899. The van der Waals surface area contributed by atoms with Crippen molar-refractivity contribution in [3.63, 3.8) is 0 Å². The Balaban J connectivity index is 1.76. The second-order valence-corrected chi connectivity index (χ2v) is 13.6. The lowest BCUT2D eigenvalue weighted by Gasteiger charge is -2.28. The zero-order valence-corrected chi connectivity index (χ0v) is 24.4. The van der Waals surface area contributed by atoms with Crippen molar-refractivity contribution < 1.29 is 28.4 Å². The molecule has 1 saturated heterocycles. The zero-order chi connectivity index (χ0) is 28.3. The Morgan fingerprint density at radius 2 is 1.95 bits per heavy atom. The Morgan fingerprint density at radius 1 is 1.29 bits per heavy atom. The van der Waals surface area contributed by atoms with Crippen molar-refractivity contribution in [3.8, 4) is 5.75 Å². The third-order valence-electron chi connectivity index (χ3n) is 5.50. The lowest BCUT2D eigenvalue weighted by atomic mass is 10.1. The molecule has 0 radical (unpaired) electrons. The van der Waals surface area contributed by atoms with Crippen LogP contribution in [0.4, 0.5) is 0 Å². The van der Waals surface area contributed by atoms with Gasteiger partial charge in [-0.05, 0) is 51.6 Å². The number of esters is 1. The number of para-hydroxylation sites is 1. The molecule has 5 atom stereocenters. The average molecular weight is 610 g/mol. The van der Waals surface area contributed by atoms with E-state index in [0.717, 1.165) is 0 Å². The molecule has 1 unspecified atom stereocenters. The summed E-state index contributed by atoms with van der Waals surface area (Å²) < 4.78 is 22.3. The van der Waals surface area contributed by atoms with Crippen LogP contribution < -0.4 is 20.9 Å². The Kier molecular flexibility index (Phi) is 10.2. The van der Waals surface area contributed by atoms with Crippen molar-refractivity contribution in [2.45, 2.75) is 69.0 Å². The summed E-state index contributed by atoms with van der Waals surface area (Å²) in [5, 5.41) is 13.7. The molecule has 1 aliphatic heterocycles. The molecule has 2 aromatic rings. The van der Waals surface area contributed by atoms with E-state index in [1.807, 2.05) is 0 Å². The van der Waals surface area contributed by atoms with E-state index in [-0.39, 0.29) is 19.3 Å². The first-order valence-corrected chi connectivity index (χ1v) is 15.1. The topological polar surface area (TPSA) is 141 Å². The third kappa shape index (κ3) is 7.67. The molecule has 38 heavy (non-hydrogen) atoms. The second kappa shape index (κ2) is 12.6. The van der Waals surface area contributed by atoms with Gasteiger partial charge in [-0.25, -0.2) is 9.88 Å². The number of rotatable bonds is 11. The molecule has 1 fully saturated rings. The monoisotopic (exact) mass is 609 g/mol. The van der Waals surface area contributed by atoms with Gasteiger partial charge >= 0.3 is 18.3 Å². The number of alkyl halides is 2. The average Bonchev–Trinajstić information content (AvgIpc) is 3.04. The number of aliphatic hydroxyl groups excluding tert-OH is 1. The molecule has 0 saturated carbocycles. The number of ether oxygens (including phenoxy) is 2. The van der Waals surface area contributed by atoms with Crippen molar-refractivity contribution in [1.29, 1.82) is 0 Å². The van der Waals surface area contributed by atoms with Crippen LogP contribution in [0.3, 0.4) is 0 Å². The molecule has 0 spiro atoms. The van der Waals surface area contributed by atoms with Crippen LogP contribution in [-0.2, 0) is 37.1 Å². The largest absolute Gasteiger partial charge is 0.462 e. The number of aromatic amines is 1. The van der Waals surface area contributed by atoms with Gasteiger partial charge in [0.1, 0.15) is 30.1 Å². The van der Waals surface area contributed by atoms with Gasteiger partial charge in [-0.3, -0.25) is 19.1 Å². The predicted octanol–water partition coefficient (Wildman–Crippen LogP) is 2.40. The number of halogens is 2. The normalized spacial score (nSPS) is 23.1. The van der Waals surface area contributed by atoms with E-state index in [2.05, 4.69) is 10.1 Å². The molecule has 3 N–H and O–H groups in total. The van der Waals surface area contributed by atoms with Gasteiger partial charge in [-0.1, -0.05) is 41.4 Å². The minimum absolute atomic E-state index is 0.151. The molecule has 2 heterocycles. The van der Waals surface area contributed by atoms with Crippen LogP contribution >= 0.6 is 29.8 Å². The van der Waals surface area contributed by atoms with Gasteiger partial charge in [0.15, 0.2) is 4.33 Å². The van der Waals surface area contributed by atoms with Gasteiger partial charge in [0.05, 0.1) is 19.3 Å². The zero-order valence-electron chi connectivity index (χ0n) is 21.1. The maximum absolute atomic E-state index is 12.4. The number of H-pyrrole nitrogens is 1. The van der Waals surface area contributed by atoms with Crippen molar-refractivity contribution in [1.82, 2.24) is 14.6 Å². The Bertz CT molecular complexity index is 1290. The van der Waals surface area contributed by atoms with Gasteiger partial charge < -0.3 is 23.6 Å². The van der Waals surface area contributed by atoms with E-state index < -0.39 is 52.5 Å². The molecule has 0 amide bonds. The highest BCUT2D eigenvalue weighted by molar-refractivity contribution is 8.09. The van der Waals surface area contributed by atoms with Crippen molar-refractivity contribution in [2.75, 3.05) is 6.61 Å². The van der Waals surface area contributed by atoms with Crippen LogP contribution in [0, 0.1) is 6.92 Å². The van der Waals surface area contributed by atoms with Gasteiger partial charge in [0.2, 0.25) is 0 Å². The maximum atomic E-state index is 12.4.